The average molecular weight is 252 g/mol. The zero-order valence-corrected chi connectivity index (χ0v) is 11.7. The quantitative estimate of drug-likeness (QED) is 0.835. The first-order valence-electron chi connectivity index (χ1n) is 7.74. The zero-order valence-electron chi connectivity index (χ0n) is 11.7. The summed E-state index contributed by atoms with van der Waals surface area (Å²) >= 11 is 0. The van der Waals surface area contributed by atoms with Crippen LogP contribution >= 0.6 is 0 Å². The number of nitrogens with two attached hydrogens (primary N) is 1. The van der Waals surface area contributed by atoms with E-state index in [1.807, 2.05) is 4.90 Å². The highest BCUT2D eigenvalue weighted by Gasteiger charge is 2.27. The van der Waals surface area contributed by atoms with Crippen LogP contribution in [0, 0.1) is 11.8 Å². The van der Waals surface area contributed by atoms with Crippen LogP contribution < -0.4 is 5.73 Å². The van der Waals surface area contributed by atoms with E-state index in [-0.39, 0.29) is 6.04 Å². The van der Waals surface area contributed by atoms with Crippen LogP contribution in [0.5, 0.6) is 0 Å². The third-order valence-electron chi connectivity index (χ3n) is 4.94. The van der Waals surface area contributed by atoms with Crippen LogP contribution in [-0.2, 0) is 4.79 Å². The molecule has 2 unspecified atom stereocenters. The highest BCUT2D eigenvalue weighted by atomic mass is 16.2. The van der Waals surface area contributed by atoms with Gasteiger partial charge in [0.15, 0.2) is 0 Å². The Morgan fingerprint density at radius 1 is 1.28 bits per heavy atom. The summed E-state index contributed by atoms with van der Waals surface area (Å²) in [5.41, 5.74) is 6.30. The van der Waals surface area contributed by atoms with Gasteiger partial charge in [0.2, 0.25) is 5.91 Å². The van der Waals surface area contributed by atoms with E-state index in [9.17, 15) is 4.79 Å². The number of nitrogens with zero attached hydrogens (tertiary/aromatic N) is 1. The van der Waals surface area contributed by atoms with Gasteiger partial charge in [-0.05, 0) is 37.5 Å². The van der Waals surface area contributed by atoms with E-state index in [2.05, 4.69) is 6.92 Å². The summed E-state index contributed by atoms with van der Waals surface area (Å²) in [5, 5.41) is 0. The van der Waals surface area contributed by atoms with Crippen molar-refractivity contribution < 1.29 is 4.79 Å². The summed E-state index contributed by atoms with van der Waals surface area (Å²) < 4.78 is 0. The summed E-state index contributed by atoms with van der Waals surface area (Å²) in [6, 6.07) is 0.203. The minimum Gasteiger partial charge on any atom is -0.341 e. The smallest absolute Gasteiger partial charge is 0.222 e. The van der Waals surface area contributed by atoms with Crippen molar-refractivity contribution in [3.8, 4) is 0 Å². The minimum atomic E-state index is 0.203. The third-order valence-corrected chi connectivity index (χ3v) is 4.94. The van der Waals surface area contributed by atoms with Gasteiger partial charge in [-0.2, -0.15) is 0 Å². The Kier molecular flexibility index (Phi) is 5.04. The first-order chi connectivity index (χ1) is 8.70. The first-order valence-corrected chi connectivity index (χ1v) is 7.74. The highest BCUT2D eigenvalue weighted by Crippen LogP contribution is 2.28. The van der Waals surface area contributed by atoms with Gasteiger partial charge >= 0.3 is 0 Å². The molecule has 1 saturated heterocycles. The maximum atomic E-state index is 12.1. The molecule has 0 aromatic carbocycles. The van der Waals surface area contributed by atoms with E-state index in [0.29, 0.717) is 11.8 Å². The predicted octanol–water partition coefficient (Wildman–Crippen LogP) is 2.54. The Morgan fingerprint density at radius 3 is 2.67 bits per heavy atom. The van der Waals surface area contributed by atoms with Crippen molar-refractivity contribution >= 4 is 5.91 Å². The number of carbonyl (C=O) groups is 1. The fraction of sp³-hybridized carbons (Fsp3) is 0.933. The fourth-order valence-corrected chi connectivity index (χ4v) is 3.48. The van der Waals surface area contributed by atoms with E-state index >= 15 is 0 Å². The summed E-state index contributed by atoms with van der Waals surface area (Å²) in [5.74, 6) is 1.73. The summed E-state index contributed by atoms with van der Waals surface area (Å²) in [6.45, 7) is 3.95. The summed E-state index contributed by atoms with van der Waals surface area (Å²) in [6.07, 6.45) is 9.35. The van der Waals surface area contributed by atoms with Crippen LogP contribution in [0.25, 0.3) is 0 Å². The Morgan fingerprint density at radius 2 is 2.00 bits per heavy atom. The molecule has 1 amide bonds. The summed E-state index contributed by atoms with van der Waals surface area (Å²) in [7, 11) is 0. The van der Waals surface area contributed by atoms with Gasteiger partial charge in [-0.25, -0.2) is 0 Å². The molecule has 2 fully saturated rings. The SMILES string of the molecule is CCC1CCC(=O)N(CC(N)C2CCCC2)CC1. The lowest BCUT2D eigenvalue weighted by atomic mass is 9.98. The highest BCUT2D eigenvalue weighted by molar-refractivity contribution is 5.76. The lowest BCUT2D eigenvalue weighted by Gasteiger charge is -2.27. The minimum absolute atomic E-state index is 0.203. The van der Waals surface area contributed by atoms with Crippen molar-refractivity contribution in [3.63, 3.8) is 0 Å². The number of likely N-dealkylation sites (tertiary alicyclic amines) is 1. The van der Waals surface area contributed by atoms with E-state index in [1.165, 1.54) is 38.5 Å². The van der Waals surface area contributed by atoms with Gasteiger partial charge in [0.25, 0.3) is 0 Å². The normalized spacial score (nSPS) is 28.4. The molecule has 0 aromatic heterocycles. The Bertz CT molecular complexity index is 274. The molecular formula is C15H28N2O. The third kappa shape index (κ3) is 3.47. The molecule has 1 aliphatic heterocycles. The molecule has 1 heterocycles. The van der Waals surface area contributed by atoms with E-state index in [4.69, 9.17) is 5.73 Å². The number of hydrogen-bond acceptors (Lipinski definition) is 2. The molecule has 0 aromatic rings. The van der Waals surface area contributed by atoms with Gasteiger partial charge in [0.05, 0.1) is 0 Å². The lowest BCUT2D eigenvalue weighted by molar-refractivity contribution is -0.131. The van der Waals surface area contributed by atoms with E-state index in [0.717, 1.165) is 31.8 Å². The fourth-order valence-electron chi connectivity index (χ4n) is 3.48. The second kappa shape index (κ2) is 6.55. The number of carbonyl (C=O) groups excluding carboxylic acids is 1. The molecule has 2 N–H and O–H groups in total. The molecule has 1 aliphatic carbocycles. The van der Waals surface area contributed by atoms with Gasteiger partial charge in [-0.15, -0.1) is 0 Å². The van der Waals surface area contributed by atoms with Crippen LogP contribution in [0.3, 0.4) is 0 Å². The van der Waals surface area contributed by atoms with Crippen LogP contribution in [0.4, 0.5) is 0 Å². The molecule has 2 aliphatic rings. The first kappa shape index (κ1) is 13.9. The van der Waals surface area contributed by atoms with Crippen molar-refractivity contribution in [3.05, 3.63) is 0 Å². The molecule has 0 spiro atoms. The second-order valence-corrected chi connectivity index (χ2v) is 6.15. The van der Waals surface area contributed by atoms with Crippen molar-refractivity contribution in [2.45, 2.75) is 64.3 Å². The summed E-state index contributed by atoms with van der Waals surface area (Å²) in [4.78, 5) is 14.1. The molecule has 0 bridgehead atoms. The monoisotopic (exact) mass is 252 g/mol. The molecule has 104 valence electrons. The molecule has 2 rings (SSSR count). The van der Waals surface area contributed by atoms with Gasteiger partial charge in [0.1, 0.15) is 0 Å². The average Bonchev–Trinajstić information content (AvgIpc) is 2.85. The van der Waals surface area contributed by atoms with E-state index in [1.54, 1.807) is 0 Å². The maximum absolute atomic E-state index is 12.1. The Hall–Kier alpha value is -0.570. The molecule has 0 radical (unpaired) electrons. The number of rotatable bonds is 4. The van der Waals surface area contributed by atoms with Gasteiger partial charge in [-0.3, -0.25) is 4.79 Å². The molecule has 3 nitrogen and oxygen atoms in total. The standard InChI is InChI=1S/C15H28N2O/c1-2-12-7-8-15(18)17(10-9-12)11-14(16)13-5-3-4-6-13/h12-14H,2-11,16H2,1H3. The van der Waals surface area contributed by atoms with Gasteiger partial charge in [0, 0.05) is 25.6 Å². The molecule has 3 heteroatoms. The van der Waals surface area contributed by atoms with Crippen LogP contribution in [0.2, 0.25) is 0 Å². The Labute approximate surface area is 111 Å². The molecular weight excluding hydrogens is 224 g/mol. The van der Waals surface area contributed by atoms with Crippen LogP contribution in [0.1, 0.15) is 58.3 Å². The van der Waals surface area contributed by atoms with E-state index < -0.39 is 0 Å². The number of hydrogen-bond donors (Lipinski definition) is 1. The van der Waals surface area contributed by atoms with Gasteiger partial charge in [-0.1, -0.05) is 26.2 Å². The second-order valence-electron chi connectivity index (χ2n) is 6.15. The Balaban J connectivity index is 1.85. The van der Waals surface area contributed by atoms with Crippen molar-refractivity contribution in [1.29, 1.82) is 0 Å². The molecule has 1 saturated carbocycles. The van der Waals surface area contributed by atoms with Crippen molar-refractivity contribution in [2.75, 3.05) is 13.1 Å². The molecule has 2 atom stereocenters. The van der Waals surface area contributed by atoms with Crippen molar-refractivity contribution in [2.24, 2.45) is 17.6 Å². The topological polar surface area (TPSA) is 46.3 Å². The van der Waals surface area contributed by atoms with Crippen LogP contribution in [-0.4, -0.2) is 29.9 Å². The van der Waals surface area contributed by atoms with Crippen LogP contribution in [0.15, 0.2) is 0 Å². The maximum Gasteiger partial charge on any atom is 0.222 e. The molecule has 18 heavy (non-hydrogen) atoms. The zero-order chi connectivity index (χ0) is 13.0. The largest absolute Gasteiger partial charge is 0.341 e. The van der Waals surface area contributed by atoms with Gasteiger partial charge < -0.3 is 10.6 Å². The predicted molar refractivity (Wildman–Crippen MR) is 74.1 cm³/mol. The van der Waals surface area contributed by atoms with Crippen molar-refractivity contribution in [1.82, 2.24) is 4.90 Å². The number of amides is 1. The lowest BCUT2D eigenvalue weighted by Crippen LogP contribution is -2.44.